The molecule has 0 saturated heterocycles. The number of halogens is 1. The van der Waals surface area contributed by atoms with Crippen LogP contribution in [-0.4, -0.2) is 24.7 Å². The molecule has 4 nitrogen and oxygen atoms in total. The summed E-state index contributed by atoms with van der Waals surface area (Å²) < 4.78 is 4.57. The van der Waals surface area contributed by atoms with Crippen LogP contribution in [0.5, 0.6) is 0 Å². The molecule has 2 N–H and O–H groups in total. The Labute approximate surface area is 129 Å². The van der Waals surface area contributed by atoms with Gasteiger partial charge in [-0.05, 0) is 43.3 Å². The van der Waals surface area contributed by atoms with Gasteiger partial charge in [-0.25, -0.2) is 0 Å². The Hall–Kier alpha value is -1.33. The van der Waals surface area contributed by atoms with E-state index in [1.807, 2.05) is 24.3 Å². The first-order valence-electron chi connectivity index (χ1n) is 6.49. The van der Waals surface area contributed by atoms with E-state index in [0.717, 1.165) is 31.5 Å². The van der Waals surface area contributed by atoms with Gasteiger partial charge >= 0.3 is 5.97 Å². The van der Waals surface area contributed by atoms with E-state index in [1.54, 1.807) is 0 Å². The fourth-order valence-corrected chi connectivity index (χ4v) is 2.03. The van der Waals surface area contributed by atoms with Crippen molar-refractivity contribution in [2.45, 2.75) is 25.7 Å². The number of carbonyl (C=O) groups excluding carboxylic acids is 1. The summed E-state index contributed by atoms with van der Waals surface area (Å²) in [6, 6.07) is 7.38. The van der Waals surface area contributed by atoms with Crippen molar-refractivity contribution in [3.63, 3.8) is 0 Å². The molecule has 0 aliphatic rings. The van der Waals surface area contributed by atoms with Gasteiger partial charge in [0, 0.05) is 23.7 Å². The molecule has 110 valence electrons. The van der Waals surface area contributed by atoms with Crippen molar-refractivity contribution in [2.24, 2.45) is 0 Å². The van der Waals surface area contributed by atoms with Crippen molar-refractivity contribution < 1.29 is 9.53 Å². The molecule has 0 atom stereocenters. The number of methoxy groups -OCH3 is 1. The molecule has 0 radical (unpaired) electrons. The minimum Gasteiger partial charge on any atom is -0.469 e. The second kappa shape index (κ2) is 9.55. The molecule has 0 amide bonds. The predicted molar refractivity (Wildman–Crippen MR) is 86.2 cm³/mol. The average molecular weight is 315 g/mol. The zero-order valence-electron chi connectivity index (χ0n) is 11.4. The molecule has 20 heavy (non-hydrogen) atoms. The van der Waals surface area contributed by atoms with E-state index in [-0.39, 0.29) is 5.97 Å². The van der Waals surface area contributed by atoms with Crippen LogP contribution in [0.1, 0.15) is 25.7 Å². The lowest BCUT2D eigenvalue weighted by Gasteiger charge is -2.10. The van der Waals surface area contributed by atoms with Crippen LogP contribution >= 0.6 is 23.8 Å². The van der Waals surface area contributed by atoms with Gasteiger partial charge in [0.25, 0.3) is 0 Å². The molecule has 1 aromatic carbocycles. The molecule has 0 spiro atoms. The highest BCUT2D eigenvalue weighted by Gasteiger charge is 2.00. The lowest BCUT2D eigenvalue weighted by molar-refractivity contribution is -0.140. The van der Waals surface area contributed by atoms with Gasteiger partial charge in [-0.3, -0.25) is 4.79 Å². The number of carbonyl (C=O) groups is 1. The first-order chi connectivity index (χ1) is 9.61. The van der Waals surface area contributed by atoms with Crippen molar-refractivity contribution in [3.05, 3.63) is 29.3 Å². The number of anilines is 1. The van der Waals surface area contributed by atoms with Gasteiger partial charge in [0.15, 0.2) is 5.11 Å². The van der Waals surface area contributed by atoms with Crippen LogP contribution in [0, 0.1) is 0 Å². The summed E-state index contributed by atoms with van der Waals surface area (Å²) in [6.07, 6.45) is 3.22. The van der Waals surface area contributed by atoms with E-state index in [9.17, 15) is 4.79 Å². The van der Waals surface area contributed by atoms with Crippen LogP contribution in [0.15, 0.2) is 24.3 Å². The normalized spacial score (nSPS) is 9.90. The number of rotatable bonds is 7. The Kier molecular flexibility index (Phi) is 7.99. The summed E-state index contributed by atoms with van der Waals surface area (Å²) in [6.45, 7) is 0.771. The predicted octanol–water partition coefficient (Wildman–Crippen LogP) is 3.36. The van der Waals surface area contributed by atoms with Gasteiger partial charge in [-0.1, -0.05) is 24.1 Å². The Balaban J connectivity index is 2.10. The van der Waals surface area contributed by atoms with Gasteiger partial charge in [0.05, 0.1) is 7.11 Å². The number of hydrogen-bond donors (Lipinski definition) is 2. The fraction of sp³-hybridized carbons (Fsp3) is 0.429. The lowest BCUT2D eigenvalue weighted by atomic mass is 10.2. The summed E-state index contributed by atoms with van der Waals surface area (Å²) in [7, 11) is 1.41. The number of unbranched alkanes of at least 4 members (excludes halogenated alkanes) is 2. The molecule has 0 heterocycles. The summed E-state index contributed by atoms with van der Waals surface area (Å²) in [5.74, 6) is -0.156. The molecule has 0 aliphatic carbocycles. The molecule has 0 fully saturated rings. The summed E-state index contributed by atoms with van der Waals surface area (Å²) in [4.78, 5) is 10.9. The number of esters is 1. The van der Waals surface area contributed by atoms with Gasteiger partial charge in [-0.15, -0.1) is 0 Å². The van der Waals surface area contributed by atoms with Crippen LogP contribution in [0.3, 0.4) is 0 Å². The van der Waals surface area contributed by atoms with Gasteiger partial charge in [0.1, 0.15) is 0 Å². The third-order valence-corrected chi connectivity index (χ3v) is 3.13. The Bertz CT molecular complexity index is 455. The number of hydrogen-bond acceptors (Lipinski definition) is 3. The Morgan fingerprint density at radius 1 is 1.35 bits per heavy atom. The van der Waals surface area contributed by atoms with E-state index < -0.39 is 0 Å². The largest absolute Gasteiger partial charge is 0.469 e. The highest BCUT2D eigenvalue weighted by Crippen LogP contribution is 2.14. The number of ether oxygens (including phenoxy) is 1. The van der Waals surface area contributed by atoms with Crippen molar-refractivity contribution in [1.82, 2.24) is 5.32 Å². The summed E-state index contributed by atoms with van der Waals surface area (Å²) in [5, 5.41) is 7.41. The van der Waals surface area contributed by atoms with Crippen molar-refractivity contribution in [2.75, 3.05) is 19.0 Å². The van der Waals surface area contributed by atoms with Crippen LogP contribution in [0.25, 0.3) is 0 Å². The SMILES string of the molecule is COC(=O)CCCCCNC(=S)Nc1cccc(Cl)c1. The maximum atomic E-state index is 10.9. The highest BCUT2D eigenvalue weighted by atomic mass is 35.5. The molecule has 0 aromatic heterocycles. The molecule has 6 heteroatoms. The van der Waals surface area contributed by atoms with E-state index in [1.165, 1.54) is 7.11 Å². The number of nitrogens with one attached hydrogen (secondary N) is 2. The first-order valence-corrected chi connectivity index (χ1v) is 7.27. The van der Waals surface area contributed by atoms with Crippen LogP contribution in [0.4, 0.5) is 5.69 Å². The van der Waals surface area contributed by atoms with E-state index in [4.69, 9.17) is 23.8 Å². The second-order valence-corrected chi connectivity index (χ2v) is 5.12. The first kappa shape index (κ1) is 16.7. The maximum absolute atomic E-state index is 10.9. The van der Waals surface area contributed by atoms with E-state index in [2.05, 4.69) is 15.4 Å². The lowest BCUT2D eigenvalue weighted by Crippen LogP contribution is -2.29. The molecule has 1 rings (SSSR count). The third-order valence-electron chi connectivity index (χ3n) is 2.65. The summed E-state index contributed by atoms with van der Waals surface area (Å²) in [5.41, 5.74) is 0.862. The second-order valence-electron chi connectivity index (χ2n) is 4.28. The molecule has 1 aromatic rings. The number of thiocarbonyl (C=S) groups is 1. The van der Waals surface area contributed by atoms with Gasteiger partial charge < -0.3 is 15.4 Å². The molecule has 0 unspecified atom stereocenters. The standard InChI is InChI=1S/C14H19ClN2O2S/c1-19-13(18)8-3-2-4-9-16-14(20)17-12-7-5-6-11(15)10-12/h5-7,10H,2-4,8-9H2,1H3,(H2,16,17,20). The zero-order chi connectivity index (χ0) is 14.8. The molecular formula is C14H19ClN2O2S. The van der Waals surface area contributed by atoms with Crippen molar-refractivity contribution in [3.8, 4) is 0 Å². The smallest absolute Gasteiger partial charge is 0.305 e. The maximum Gasteiger partial charge on any atom is 0.305 e. The van der Waals surface area contributed by atoms with Gasteiger partial charge in [-0.2, -0.15) is 0 Å². The fourth-order valence-electron chi connectivity index (χ4n) is 1.62. The third kappa shape index (κ3) is 7.31. The van der Waals surface area contributed by atoms with E-state index >= 15 is 0 Å². The Morgan fingerprint density at radius 3 is 2.85 bits per heavy atom. The van der Waals surface area contributed by atoms with Crippen molar-refractivity contribution in [1.29, 1.82) is 0 Å². The molecular weight excluding hydrogens is 296 g/mol. The van der Waals surface area contributed by atoms with Crippen LogP contribution in [0.2, 0.25) is 5.02 Å². The molecule has 0 bridgehead atoms. The van der Waals surface area contributed by atoms with Crippen LogP contribution < -0.4 is 10.6 Å². The monoisotopic (exact) mass is 314 g/mol. The quantitative estimate of drug-likeness (QED) is 0.459. The molecule has 0 aliphatic heterocycles. The van der Waals surface area contributed by atoms with Gasteiger partial charge in [0.2, 0.25) is 0 Å². The molecule has 0 saturated carbocycles. The van der Waals surface area contributed by atoms with Crippen LogP contribution in [-0.2, 0) is 9.53 Å². The average Bonchev–Trinajstić information content (AvgIpc) is 2.42. The number of benzene rings is 1. The highest BCUT2D eigenvalue weighted by molar-refractivity contribution is 7.80. The Morgan fingerprint density at radius 2 is 2.15 bits per heavy atom. The van der Waals surface area contributed by atoms with Crippen molar-refractivity contribution >= 4 is 40.6 Å². The topological polar surface area (TPSA) is 50.4 Å². The minimum absolute atomic E-state index is 0.156. The van der Waals surface area contributed by atoms with E-state index in [0.29, 0.717) is 16.6 Å². The summed E-state index contributed by atoms with van der Waals surface area (Å²) >= 11 is 11.1. The minimum atomic E-state index is -0.156. The zero-order valence-corrected chi connectivity index (χ0v) is 13.0.